The van der Waals surface area contributed by atoms with Gasteiger partial charge in [-0.05, 0) is 18.8 Å². The molecular formula is C12H19N3O2. The van der Waals surface area contributed by atoms with Crippen LogP contribution in [0.15, 0.2) is 18.7 Å². The summed E-state index contributed by atoms with van der Waals surface area (Å²) in [6, 6.07) is 0. The topological polar surface area (TPSA) is 58.4 Å². The van der Waals surface area contributed by atoms with Crippen LogP contribution in [0.2, 0.25) is 0 Å². The van der Waals surface area contributed by atoms with Gasteiger partial charge in [-0.25, -0.2) is 4.98 Å². The summed E-state index contributed by atoms with van der Waals surface area (Å²) in [5.41, 5.74) is 0. The van der Waals surface area contributed by atoms with E-state index in [1.165, 1.54) is 0 Å². The van der Waals surface area contributed by atoms with Crippen LogP contribution in [-0.4, -0.2) is 45.2 Å². The van der Waals surface area contributed by atoms with Gasteiger partial charge in [0.1, 0.15) is 0 Å². The highest BCUT2D eigenvalue weighted by atomic mass is 16.3. The van der Waals surface area contributed by atoms with E-state index in [2.05, 4.69) is 4.98 Å². The van der Waals surface area contributed by atoms with E-state index < -0.39 is 0 Å². The average Bonchev–Trinajstić information content (AvgIpc) is 2.89. The van der Waals surface area contributed by atoms with Gasteiger partial charge in [0, 0.05) is 45.1 Å². The molecule has 0 spiro atoms. The van der Waals surface area contributed by atoms with Crippen LogP contribution < -0.4 is 0 Å². The second kappa shape index (κ2) is 5.82. The summed E-state index contributed by atoms with van der Waals surface area (Å²) in [5.74, 6) is 0.586. The predicted octanol–water partition coefficient (Wildman–Crippen LogP) is 0.504. The highest BCUT2D eigenvalue weighted by molar-refractivity contribution is 5.76. The van der Waals surface area contributed by atoms with Gasteiger partial charge in [-0.1, -0.05) is 0 Å². The van der Waals surface area contributed by atoms with Gasteiger partial charge in [-0.15, -0.1) is 0 Å². The number of hydrogen-bond donors (Lipinski definition) is 1. The number of aliphatic hydroxyl groups is 1. The van der Waals surface area contributed by atoms with Crippen molar-refractivity contribution in [3.8, 4) is 0 Å². The van der Waals surface area contributed by atoms with E-state index in [1.807, 2.05) is 15.7 Å². The van der Waals surface area contributed by atoms with Crippen LogP contribution in [-0.2, 0) is 11.3 Å². The second-order valence-corrected chi connectivity index (χ2v) is 4.56. The smallest absolute Gasteiger partial charge is 0.224 e. The lowest BCUT2D eigenvalue weighted by atomic mass is 9.98. The molecule has 1 fully saturated rings. The first kappa shape index (κ1) is 12.1. The number of imidazole rings is 1. The molecule has 0 bridgehead atoms. The predicted molar refractivity (Wildman–Crippen MR) is 63.2 cm³/mol. The Morgan fingerprint density at radius 2 is 2.18 bits per heavy atom. The molecule has 1 aromatic heterocycles. The normalized spacial score (nSPS) is 17.4. The molecule has 5 heteroatoms. The summed E-state index contributed by atoms with van der Waals surface area (Å²) in [6.45, 7) is 2.51. The van der Waals surface area contributed by atoms with Gasteiger partial charge in [0.25, 0.3) is 0 Å². The van der Waals surface area contributed by atoms with Gasteiger partial charge in [-0.2, -0.15) is 0 Å². The number of carbonyl (C=O) groups excluding carboxylic acids is 1. The fraction of sp³-hybridized carbons (Fsp3) is 0.667. The minimum atomic E-state index is 0.204. The maximum Gasteiger partial charge on any atom is 0.224 e. The Bertz CT molecular complexity index is 343. The van der Waals surface area contributed by atoms with Crippen molar-refractivity contribution in [1.82, 2.24) is 14.5 Å². The minimum absolute atomic E-state index is 0.204. The van der Waals surface area contributed by atoms with E-state index in [-0.39, 0.29) is 12.5 Å². The number of likely N-dealkylation sites (tertiary alicyclic amines) is 1. The van der Waals surface area contributed by atoms with Crippen molar-refractivity contribution in [3.63, 3.8) is 0 Å². The fourth-order valence-electron chi connectivity index (χ4n) is 2.17. The molecule has 0 aliphatic carbocycles. The Hall–Kier alpha value is -1.36. The minimum Gasteiger partial charge on any atom is -0.396 e. The summed E-state index contributed by atoms with van der Waals surface area (Å²) < 4.78 is 1.92. The fourth-order valence-corrected chi connectivity index (χ4v) is 2.17. The van der Waals surface area contributed by atoms with Gasteiger partial charge in [-0.3, -0.25) is 4.79 Å². The average molecular weight is 237 g/mol. The molecule has 2 rings (SSSR count). The summed E-state index contributed by atoms with van der Waals surface area (Å²) in [4.78, 5) is 17.8. The molecule has 0 unspecified atom stereocenters. The first-order chi connectivity index (χ1) is 8.29. The van der Waals surface area contributed by atoms with E-state index >= 15 is 0 Å². The molecular weight excluding hydrogens is 218 g/mol. The lowest BCUT2D eigenvalue weighted by Gasteiger charge is -2.31. The molecule has 0 aromatic carbocycles. The molecule has 0 saturated carbocycles. The molecule has 0 radical (unpaired) electrons. The molecule has 5 nitrogen and oxygen atoms in total. The number of aromatic nitrogens is 2. The van der Waals surface area contributed by atoms with Crippen molar-refractivity contribution in [2.24, 2.45) is 5.92 Å². The Balaban J connectivity index is 1.73. The number of amides is 1. The quantitative estimate of drug-likeness (QED) is 0.829. The Kier molecular flexibility index (Phi) is 4.14. The number of hydrogen-bond acceptors (Lipinski definition) is 3. The lowest BCUT2D eigenvalue weighted by molar-refractivity contribution is -0.133. The number of piperidine rings is 1. The first-order valence-corrected chi connectivity index (χ1v) is 6.14. The Labute approximate surface area is 101 Å². The van der Waals surface area contributed by atoms with Gasteiger partial charge in [0.05, 0.1) is 6.33 Å². The van der Waals surface area contributed by atoms with Crippen LogP contribution in [0, 0.1) is 5.92 Å². The number of rotatable bonds is 4. The summed E-state index contributed by atoms with van der Waals surface area (Å²) in [7, 11) is 0. The zero-order valence-electron chi connectivity index (χ0n) is 9.96. The number of aryl methyl sites for hydroxylation is 1. The number of aliphatic hydroxyl groups excluding tert-OH is 1. The van der Waals surface area contributed by atoms with Gasteiger partial charge in [0.15, 0.2) is 0 Å². The zero-order valence-corrected chi connectivity index (χ0v) is 9.96. The molecule has 1 aromatic rings. The lowest BCUT2D eigenvalue weighted by Crippen LogP contribution is -2.39. The summed E-state index contributed by atoms with van der Waals surface area (Å²) in [5, 5.41) is 9.03. The largest absolute Gasteiger partial charge is 0.396 e. The maximum absolute atomic E-state index is 11.9. The first-order valence-electron chi connectivity index (χ1n) is 6.14. The molecule has 94 valence electrons. The van der Waals surface area contributed by atoms with Crippen molar-refractivity contribution in [3.05, 3.63) is 18.7 Å². The van der Waals surface area contributed by atoms with Crippen molar-refractivity contribution in [1.29, 1.82) is 0 Å². The van der Waals surface area contributed by atoms with Crippen molar-refractivity contribution in [2.45, 2.75) is 25.8 Å². The zero-order chi connectivity index (χ0) is 12.1. The molecule has 1 N–H and O–H groups in total. The molecule has 1 amide bonds. The summed E-state index contributed by atoms with van der Waals surface area (Å²) in [6.07, 6.45) is 7.69. The molecule has 1 saturated heterocycles. The van der Waals surface area contributed by atoms with Crippen LogP contribution in [0.4, 0.5) is 0 Å². The molecule has 1 aliphatic heterocycles. The Morgan fingerprint density at radius 1 is 1.41 bits per heavy atom. The van der Waals surface area contributed by atoms with Crippen molar-refractivity contribution in [2.75, 3.05) is 19.7 Å². The highest BCUT2D eigenvalue weighted by Gasteiger charge is 2.21. The third-order valence-corrected chi connectivity index (χ3v) is 3.37. The Morgan fingerprint density at radius 3 is 2.76 bits per heavy atom. The third kappa shape index (κ3) is 3.30. The van der Waals surface area contributed by atoms with E-state index in [0.717, 1.165) is 25.9 Å². The monoisotopic (exact) mass is 237 g/mol. The van der Waals surface area contributed by atoms with Crippen LogP contribution in [0.1, 0.15) is 19.3 Å². The number of carbonyl (C=O) groups is 1. The molecule has 1 aliphatic rings. The standard InChI is InChI=1S/C12H19N3O2/c16-9-11-1-6-15(7-2-11)12(17)3-5-14-8-4-13-10-14/h4,8,10-11,16H,1-3,5-7,9H2. The van der Waals surface area contributed by atoms with E-state index in [9.17, 15) is 4.79 Å². The van der Waals surface area contributed by atoms with Crippen molar-refractivity contribution >= 4 is 5.91 Å². The second-order valence-electron chi connectivity index (χ2n) is 4.56. The highest BCUT2D eigenvalue weighted by Crippen LogP contribution is 2.16. The van der Waals surface area contributed by atoms with Gasteiger partial charge < -0.3 is 14.6 Å². The molecule has 2 heterocycles. The molecule has 0 atom stereocenters. The third-order valence-electron chi connectivity index (χ3n) is 3.37. The van der Waals surface area contributed by atoms with E-state index in [1.54, 1.807) is 12.5 Å². The van der Waals surface area contributed by atoms with Gasteiger partial charge >= 0.3 is 0 Å². The van der Waals surface area contributed by atoms with Crippen LogP contribution in [0.25, 0.3) is 0 Å². The maximum atomic E-state index is 11.9. The van der Waals surface area contributed by atoms with Crippen molar-refractivity contribution < 1.29 is 9.90 Å². The summed E-state index contributed by atoms with van der Waals surface area (Å²) >= 11 is 0. The van der Waals surface area contributed by atoms with Crippen LogP contribution in [0.3, 0.4) is 0 Å². The van der Waals surface area contributed by atoms with Crippen LogP contribution >= 0.6 is 0 Å². The number of nitrogens with zero attached hydrogens (tertiary/aromatic N) is 3. The van der Waals surface area contributed by atoms with Gasteiger partial charge in [0.2, 0.25) is 5.91 Å². The van der Waals surface area contributed by atoms with E-state index in [4.69, 9.17) is 5.11 Å². The van der Waals surface area contributed by atoms with Crippen LogP contribution in [0.5, 0.6) is 0 Å². The molecule has 17 heavy (non-hydrogen) atoms. The SMILES string of the molecule is O=C(CCn1ccnc1)N1CCC(CO)CC1. The van der Waals surface area contributed by atoms with E-state index in [0.29, 0.717) is 18.9 Å².